The smallest absolute Gasteiger partial charge is 0.172 e. The predicted molar refractivity (Wildman–Crippen MR) is 60.2 cm³/mol. The predicted octanol–water partition coefficient (Wildman–Crippen LogP) is 2.36. The van der Waals surface area contributed by atoms with E-state index in [0.29, 0.717) is 23.1 Å². The molecule has 0 radical (unpaired) electrons. The maximum Gasteiger partial charge on any atom is 0.172 e. The van der Waals surface area contributed by atoms with E-state index in [9.17, 15) is 0 Å². The molecule has 0 atom stereocenters. The SMILES string of the molecule is ClCCC#Cc1cnn2ccc(Cl)nc12. The van der Waals surface area contributed by atoms with E-state index in [2.05, 4.69) is 21.9 Å². The lowest BCUT2D eigenvalue weighted by atomic mass is 10.3. The molecule has 0 aliphatic carbocycles. The van der Waals surface area contributed by atoms with Crippen LogP contribution in [0.3, 0.4) is 0 Å². The lowest BCUT2D eigenvalue weighted by Gasteiger charge is -1.92. The Hall–Kier alpha value is -1.24. The second kappa shape index (κ2) is 4.52. The van der Waals surface area contributed by atoms with Crippen LogP contribution in [0.15, 0.2) is 18.5 Å². The monoisotopic (exact) mass is 239 g/mol. The van der Waals surface area contributed by atoms with Crippen molar-refractivity contribution in [3.8, 4) is 11.8 Å². The minimum absolute atomic E-state index is 0.434. The fraction of sp³-hybridized carbons (Fsp3) is 0.200. The summed E-state index contributed by atoms with van der Waals surface area (Å²) in [6, 6.07) is 1.68. The van der Waals surface area contributed by atoms with E-state index in [0.717, 1.165) is 5.56 Å². The van der Waals surface area contributed by atoms with Crippen LogP contribution in [0.4, 0.5) is 0 Å². The first kappa shape index (κ1) is 10.3. The van der Waals surface area contributed by atoms with Crippen LogP contribution >= 0.6 is 23.2 Å². The Kier molecular flexibility index (Phi) is 3.10. The molecule has 0 aliphatic rings. The van der Waals surface area contributed by atoms with E-state index in [4.69, 9.17) is 23.2 Å². The van der Waals surface area contributed by atoms with E-state index in [1.54, 1.807) is 23.0 Å². The van der Waals surface area contributed by atoms with Crippen molar-refractivity contribution in [3.63, 3.8) is 0 Å². The Morgan fingerprint density at radius 2 is 2.33 bits per heavy atom. The van der Waals surface area contributed by atoms with Crippen LogP contribution in [-0.2, 0) is 0 Å². The Morgan fingerprint density at radius 3 is 3.13 bits per heavy atom. The molecule has 0 aromatic carbocycles. The van der Waals surface area contributed by atoms with Crippen molar-refractivity contribution < 1.29 is 0 Å². The van der Waals surface area contributed by atoms with Crippen molar-refractivity contribution in [2.75, 3.05) is 5.88 Å². The summed E-state index contributed by atoms with van der Waals surface area (Å²) in [6.07, 6.45) is 4.07. The molecule has 0 saturated carbocycles. The van der Waals surface area contributed by atoms with Crippen LogP contribution in [0.25, 0.3) is 5.65 Å². The second-order valence-electron chi connectivity index (χ2n) is 2.82. The van der Waals surface area contributed by atoms with Gasteiger partial charge in [0.25, 0.3) is 0 Å². The first-order chi connectivity index (χ1) is 7.31. The molecule has 0 unspecified atom stereocenters. The lowest BCUT2D eigenvalue weighted by molar-refractivity contribution is 0.939. The zero-order valence-electron chi connectivity index (χ0n) is 7.74. The van der Waals surface area contributed by atoms with Crippen LogP contribution in [-0.4, -0.2) is 20.5 Å². The average Bonchev–Trinajstić information content (AvgIpc) is 2.62. The van der Waals surface area contributed by atoms with Crippen molar-refractivity contribution in [2.45, 2.75) is 6.42 Å². The van der Waals surface area contributed by atoms with Gasteiger partial charge in [-0.05, 0) is 6.07 Å². The molecule has 0 N–H and O–H groups in total. The summed E-state index contributed by atoms with van der Waals surface area (Å²) in [5.74, 6) is 6.42. The van der Waals surface area contributed by atoms with Gasteiger partial charge >= 0.3 is 0 Å². The van der Waals surface area contributed by atoms with Crippen LogP contribution in [0.2, 0.25) is 5.15 Å². The van der Waals surface area contributed by atoms with Crippen molar-refractivity contribution in [1.29, 1.82) is 0 Å². The van der Waals surface area contributed by atoms with E-state index >= 15 is 0 Å². The molecule has 0 saturated heterocycles. The van der Waals surface area contributed by atoms with E-state index in [1.165, 1.54) is 0 Å². The molecule has 0 bridgehead atoms. The highest BCUT2D eigenvalue weighted by Gasteiger charge is 2.02. The van der Waals surface area contributed by atoms with Gasteiger partial charge in [0.15, 0.2) is 5.65 Å². The highest BCUT2D eigenvalue weighted by atomic mass is 35.5. The fourth-order valence-electron chi connectivity index (χ4n) is 1.14. The first-order valence-corrected chi connectivity index (χ1v) is 5.27. The molecule has 76 valence electrons. The molecule has 0 aliphatic heterocycles. The van der Waals surface area contributed by atoms with Crippen LogP contribution in [0.1, 0.15) is 12.0 Å². The van der Waals surface area contributed by atoms with E-state index < -0.39 is 0 Å². The van der Waals surface area contributed by atoms with Crippen molar-refractivity contribution >= 4 is 28.8 Å². The summed E-state index contributed by atoms with van der Waals surface area (Å²) in [5, 5.41) is 4.53. The largest absolute Gasteiger partial charge is 0.221 e. The molecule has 2 aromatic heterocycles. The maximum absolute atomic E-state index is 5.79. The molecule has 0 amide bonds. The Bertz CT molecular complexity index is 536. The number of rotatable bonds is 1. The molecule has 2 heterocycles. The van der Waals surface area contributed by atoms with Gasteiger partial charge < -0.3 is 0 Å². The minimum Gasteiger partial charge on any atom is -0.221 e. The average molecular weight is 240 g/mol. The van der Waals surface area contributed by atoms with Crippen molar-refractivity contribution in [1.82, 2.24) is 14.6 Å². The molecule has 0 spiro atoms. The lowest BCUT2D eigenvalue weighted by Crippen LogP contribution is -1.89. The third-order valence-electron chi connectivity index (χ3n) is 1.78. The normalized spacial score (nSPS) is 10.0. The fourth-order valence-corrected chi connectivity index (χ4v) is 1.37. The number of nitrogens with zero attached hydrogens (tertiary/aromatic N) is 3. The highest BCUT2D eigenvalue weighted by Crippen LogP contribution is 2.10. The summed E-state index contributed by atoms with van der Waals surface area (Å²) < 4.78 is 1.64. The summed E-state index contributed by atoms with van der Waals surface area (Å²) in [6.45, 7) is 0. The molecular weight excluding hydrogens is 233 g/mol. The molecular formula is C10H7Cl2N3. The van der Waals surface area contributed by atoms with Gasteiger partial charge in [-0.25, -0.2) is 9.50 Å². The minimum atomic E-state index is 0.434. The van der Waals surface area contributed by atoms with Gasteiger partial charge in [0.05, 0.1) is 11.8 Å². The van der Waals surface area contributed by atoms with Gasteiger partial charge in [0, 0.05) is 18.5 Å². The van der Waals surface area contributed by atoms with Crippen molar-refractivity contribution in [3.05, 3.63) is 29.2 Å². The molecule has 5 heteroatoms. The third kappa shape index (κ3) is 2.23. The molecule has 15 heavy (non-hydrogen) atoms. The van der Waals surface area contributed by atoms with Crippen LogP contribution < -0.4 is 0 Å². The first-order valence-electron chi connectivity index (χ1n) is 4.36. The second-order valence-corrected chi connectivity index (χ2v) is 3.58. The van der Waals surface area contributed by atoms with Crippen molar-refractivity contribution in [2.24, 2.45) is 0 Å². The summed E-state index contributed by atoms with van der Waals surface area (Å²) >= 11 is 11.3. The Balaban J connectivity index is 2.45. The number of halogens is 2. The molecule has 2 rings (SSSR count). The van der Waals surface area contributed by atoms with E-state index in [1.807, 2.05) is 0 Å². The topological polar surface area (TPSA) is 30.2 Å². The van der Waals surface area contributed by atoms with Gasteiger partial charge in [-0.1, -0.05) is 23.4 Å². The Morgan fingerprint density at radius 1 is 1.47 bits per heavy atom. The summed E-state index contributed by atoms with van der Waals surface area (Å²) in [5.41, 5.74) is 1.44. The zero-order chi connectivity index (χ0) is 10.7. The van der Waals surface area contributed by atoms with Crippen LogP contribution in [0.5, 0.6) is 0 Å². The van der Waals surface area contributed by atoms with Gasteiger partial charge in [0.1, 0.15) is 5.15 Å². The standard InChI is InChI=1S/C10H7Cl2N3/c11-5-2-1-3-8-7-13-15-6-4-9(12)14-10(8)15/h4,6-7H,2,5H2. The molecule has 2 aromatic rings. The Labute approximate surface area is 97.0 Å². The van der Waals surface area contributed by atoms with Gasteiger partial charge in [-0.15, -0.1) is 11.6 Å². The zero-order valence-corrected chi connectivity index (χ0v) is 9.26. The number of aromatic nitrogens is 3. The molecule has 0 fully saturated rings. The summed E-state index contributed by atoms with van der Waals surface area (Å²) in [4.78, 5) is 4.14. The summed E-state index contributed by atoms with van der Waals surface area (Å²) in [7, 11) is 0. The molecule has 3 nitrogen and oxygen atoms in total. The van der Waals surface area contributed by atoms with Gasteiger partial charge in [-0.2, -0.15) is 5.10 Å². The number of fused-ring (bicyclic) bond motifs is 1. The highest BCUT2D eigenvalue weighted by molar-refractivity contribution is 6.29. The quantitative estimate of drug-likeness (QED) is 0.435. The van der Waals surface area contributed by atoms with Crippen LogP contribution in [0, 0.1) is 11.8 Å². The maximum atomic E-state index is 5.79. The van der Waals surface area contributed by atoms with Gasteiger partial charge in [0.2, 0.25) is 0 Å². The number of hydrogen-bond donors (Lipinski definition) is 0. The third-order valence-corrected chi connectivity index (χ3v) is 2.18. The van der Waals surface area contributed by atoms with Gasteiger partial charge in [-0.3, -0.25) is 0 Å². The number of hydrogen-bond acceptors (Lipinski definition) is 2. The number of alkyl halides is 1. The van der Waals surface area contributed by atoms with E-state index in [-0.39, 0.29) is 0 Å².